The summed E-state index contributed by atoms with van der Waals surface area (Å²) in [6.45, 7) is 5.16. The number of alkyl carbamates (subject to hydrolysis) is 1. The molecule has 1 amide bonds. The van der Waals surface area contributed by atoms with Crippen LogP contribution in [0.4, 0.5) is 4.79 Å². The molecule has 0 saturated heterocycles. The van der Waals surface area contributed by atoms with Crippen molar-refractivity contribution >= 4 is 12.1 Å². The molecule has 0 aromatic carbocycles. The third-order valence-corrected chi connectivity index (χ3v) is 3.15. The van der Waals surface area contributed by atoms with Crippen molar-refractivity contribution in [3.8, 4) is 0 Å². The fourth-order valence-electron chi connectivity index (χ4n) is 2.25. The average molecular weight is 273 g/mol. The van der Waals surface area contributed by atoms with Gasteiger partial charge in [0.15, 0.2) is 0 Å². The van der Waals surface area contributed by atoms with E-state index in [0.29, 0.717) is 25.7 Å². The molecule has 0 spiro atoms. The van der Waals surface area contributed by atoms with Crippen LogP contribution in [0.2, 0.25) is 0 Å². The predicted molar refractivity (Wildman–Crippen MR) is 68.8 cm³/mol. The molecule has 0 aromatic heterocycles. The van der Waals surface area contributed by atoms with Gasteiger partial charge in [-0.3, -0.25) is 0 Å². The van der Waals surface area contributed by atoms with Crippen LogP contribution in [-0.2, 0) is 9.53 Å². The van der Waals surface area contributed by atoms with Gasteiger partial charge >= 0.3 is 12.1 Å². The molecule has 1 aliphatic carbocycles. The molecule has 1 fully saturated rings. The molecule has 1 aliphatic rings. The van der Waals surface area contributed by atoms with Crippen LogP contribution < -0.4 is 5.32 Å². The molecule has 1 saturated carbocycles. The van der Waals surface area contributed by atoms with Crippen LogP contribution in [-0.4, -0.2) is 40.0 Å². The van der Waals surface area contributed by atoms with Crippen LogP contribution in [0, 0.1) is 5.92 Å². The number of aliphatic carboxylic acids is 1. The molecule has 0 aromatic rings. The molecule has 0 heterocycles. The average Bonchev–Trinajstić information content (AvgIpc) is 2.24. The zero-order valence-corrected chi connectivity index (χ0v) is 11.7. The summed E-state index contributed by atoms with van der Waals surface area (Å²) in [5.74, 6) is -1.22. The molecule has 6 heteroatoms. The summed E-state index contributed by atoms with van der Waals surface area (Å²) >= 11 is 0. The van der Waals surface area contributed by atoms with E-state index in [-0.39, 0.29) is 12.0 Å². The quantitative estimate of drug-likeness (QED) is 0.724. The molecular weight excluding hydrogens is 250 g/mol. The van der Waals surface area contributed by atoms with Gasteiger partial charge in [-0.25, -0.2) is 9.59 Å². The number of aliphatic hydroxyl groups excluding tert-OH is 1. The van der Waals surface area contributed by atoms with E-state index in [1.165, 1.54) is 0 Å². The lowest BCUT2D eigenvalue weighted by Crippen LogP contribution is -2.48. The molecule has 110 valence electrons. The highest BCUT2D eigenvalue weighted by Gasteiger charge is 2.33. The number of aliphatic hydroxyl groups is 1. The summed E-state index contributed by atoms with van der Waals surface area (Å²) in [4.78, 5) is 22.9. The molecule has 19 heavy (non-hydrogen) atoms. The van der Waals surface area contributed by atoms with E-state index < -0.39 is 23.7 Å². The van der Waals surface area contributed by atoms with Crippen molar-refractivity contribution in [2.75, 3.05) is 0 Å². The molecule has 0 radical (unpaired) electrons. The van der Waals surface area contributed by atoms with Gasteiger partial charge in [-0.2, -0.15) is 0 Å². The number of nitrogens with one attached hydrogen (secondary N) is 1. The maximum absolute atomic E-state index is 11.6. The Hall–Kier alpha value is -1.30. The van der Waals surface area contributed by atoms with Gasteiger partial charge in [0.2, 0.25) is 0 Å². The van der Waals surface area contributed by atoms with Gasteiger partial charge in [0.05, 0.1) is 6.10 Å². The minimum atomic E-state index is -1.06. The molecule has 0 aliphatic heterocycles. The normalized spacial score (nSPS) is 25.5. The molecule has 3 N–H and O–H groups in total. The van der Waals surface area contributed by atoms with Gasteiger partial charge in [0.1, 0.15) is 11.6 Å². The fraction of sp³-hybridized carbons (Fsp3) is 0.846. The van der Waals surface area contributed by atoms with Crippen molar-refractivity contribution < 1.29 is 24.5 Å². The second-order valence-corrected chi connectivity index (χ2v) is 6.03. The van der Waals surface area contributed by atoms with Crippen LogP contribution in [0.1, 0.15) is 46.5 Å². The van der Waals surface area contributed by atoms with E-state index in [0.717, 1.165) is 0 Å². The van der Waals surface area contributed by atoms with Crippen molar-refractivity contribution in [3.63, 3.8) is 0 Å². The van der Waals surface area contributed by atoms with Gasteiger partial charge in [-0.15, -0.1) is 0 Å². The van der Waals surface area contributed by atoms with Crippen molar-refractivity contribution in [3.05, 3.63) is 0 Å². The number of ether oxygens (including phenoxy) is 1. The van der Waals surface area contributed by atoms with Gasteiger partial charge in [-0.1, -0.05) is 0 Å². The SMILES string of the molecule is CC(C)(C)OC(=O)N[C@@H](C(=O)O)C1CCC(O)CC1. The molecule has 1 atom stereocenters. The minimum Gasteiger partial charge on any atom is -0.480 e. The van der Waals surface area contributed by atoms with Crippen LogP contribution >= 0.6 is 0 Å². The third kappa shape index (κ3) is 5.46. The summed E-state index contributed by atoms with van der Waals surface area (Å²) in [6.07, 6.45) is 1.26. The Morgan fingerprint density at radius 3 is 2.16 bits per heavy atom. The lowest BCUT2D eigenvalue weighted by Gasteiger charge is -2.30. The zero-order chi connectivity index (χ0) is 14.6. The van der Waals surface area contributed by atoms with Crippen LogP contribution in [0.15, 0.2) is 0 Å². The Morgan fingerprint density at radius 1 is 1.21 bits per heavy atom. The van der Waals surface area contributed by atoms with E-state index >= 15 is 0 Å². The Balaban J connectivity index is 2.58. The fourth-order valence-corrected chi connectivity index (χ4v) is 2.25. The number of carbonyl (C=O) groups is 2. The number of hydrogen-bond acceptors (Lipinski definition) is 4. The summed E-state index contributed by atoms with van der Waals surface area (Å²) in [5.41, 5.74) is -0.657. The predicted octanol–water partition coefficient (Wildman–Crippen LogP) is 1.52. The van der Waals surface area contributed by atoms with Crippen molar-refractivity contribution in [2.24, 2.45) is 5.92 Å². The number of hydrogen-bond donors (Lipinski definition) is 3. The number of carboxylic acid groups (broad SMARTS) is 1. The molecular formula is C13H23NO5. The summed E-state index contributed by atoms with van der Waals surface area (Å²) in [6, 6.07) is -0.956. The second-order valence-electron chi connectivity index (χ2n) is 6.03. The van der Waals surface area contributed by atoms with Crippen LogP contribution in [0.25, 0.3) is 0 Å². The van der Waals surface area contributed by atoms with E-state index in [4.69, 9.17) is 4.74 Å². The first-order valence-corrected chi connectivity index (χ1v) is 6.59. The van der Waals surface area contributed by atoms with E-state index in [2.05, 4.69) is 5.32 Å². The van der Waals surface area contributed by atoms with Crippen molar-refractivity contribution in [1.29, 1.82) is 0 Å². The van der Waals surface area contributed by atoms with Gasteiger partial charge in [-0.05, 0) is 52.4 Å². The first-order valence-electron chi connectivity index (χ1n) is 6.59. The topological polar surface area (TPSA) is 95.9 Å². The number of carbonyl (C=O) groups excluding carboxylic acids is 1. The first-order chi connectivity index (χ1) is 8.69. The lowest BCUT2D eigenvalue weighted by atomic mass is 9.82. The summed E-state index contributed by atoms with van der Waals surface area (Å²) in [7, 11) is 0. The van der Waals surface area contributed by atoms with Gasteiger partial charge in [0, 0.05) is 0 Å². The Morgan fingerprint density at radius 2 is 1.74 bits per heavy atom. The zero-order valence-electron chi connectivity index (χ0n) is 11.7. The molecule has 0 bridgehead atoms. The Kier molecular flexibility index (Phi) is 5.17. The lowest BCUT2D eigenvalue weighted by molar-refractivity contribution is -0.141. The van der Waals surface area contributed by atoms with Crippen LogP contribution in [0.3, 0.4) is 0 Å². The molecule has 0 unspecified atom stereocenters. The van der Waals surface area contributed by atoms with E-state index in [1.807, 2.05) is 0 Å². The van der Waals surface area contributed by atoms with E-state index in [1.54, 1.807) is 20.8 Å². The number of rotatable bonds is 3. The highest BCUT2D eigenvalue weighted by Crippen LogP contribution is 2.27. The monoisotopic (exact) mass is 273 g/mol. The smallest absolute Gasteiger partial charge is 0.408 e. The largest absolute Gasteiger partial charge is 0.480 e. The Labute approximate surface area is 113 Å². The number of carboxylic acids is 1. The molecule has 6 nitrogen and oxygen atoms in total. The first kappa shape index (κ1) is 15.8. The maximum atomic E-state index is 11.6. The second kappa shape index (κ2) is 6.23. The summed E-state index contributed by atoms with van der Waals surface area (Å²) < 4.78 is 5.07. The summed E-state index contributed by atoms with van der Waals surface area (Å²) in [5, 5.41) is 21.0. The molecule has 1 rings (SSSR count). The number of amides is 1. The van der Waals surface area contributed by atoms with E-state index in [9.17, 15) is 19.8 Å². The third-order valence-electron chi connectivity index (χ3n) is 3.15. The van der Waals surface area contributed by atoms with Crippen molar-refractivity contribution in [2.45, 2.75) is 64.2 Å². The Bertz CT molecular complexity index is 328. The highest BCUT2D eigenvalue weighted by molar-refractivity contribution is 5.80. The standard InChI is InChI=1S/C13H23NO5/c1-13(2,3)19-12(18)14-10(11(16)17)8-4-6-9(15)7-5-8/h8-10,15H,4-7H2,1-3H3,(H,14,18)(H,16,17)/t8?,9?,10-/m1/s1. The van der Waals surface area contributed by atoms with Crippen molar-refractivity contribution in [1.82, 2.24) is 5.32 Å². The van der Waals surface area contributed by atoms with Gasteiger partial charge < -0.3 is 20.3 Å². The van der Waals surface area contributed by atoms with Crippen LogP contribution in [0.5, 0.6) is 0 Å². The minimum absolute atomic E-state index is 0.159. The highest BCUT2D eigenvalue weighted by atomic mass is 16.6. The maximum Gasteiger partial charge on any atom is 0.408 e. The van der Waals surface area contributed by atoms with Gasteiger partial charge in [0.25, 0.3) is 0 Å².